The molecule has 0 atom stereocenters. The van der Waals surface area contributed by atoms with Crippen LogP contribution < -0.4 is 5.73 Å². The van der Waals surface area contributed by atoms with E-state index >= 15 is 0 Å². The van der Waals surface area contributed by atoms with Crippen LogP contribution in [0.1, 0.15) is 50.9 Å². The van der Waals surface area contributed by atoms with Crippen molar-refractivity contribution in [1.82, 2.24) is 24.8 Å². The van der Waals surface area contributed by atoms with E-state index in [9.17, 15) is 0 Å². The van der Waals surface area contributed by atoms with E-state index < -0.39 is 5.79 Å². The summed E-state index contributed by atoms with van der Waals surface area (Å²) in [5, 5.41) is 1.17. The fourth-order valence-electron chi connectivity index (χ4n) is 5.85. The molecule has 1 spiro atoms. The number of anilines is 1. The molecule has 0 radical (unpaired) electrons. The standard InChI is InChI=1S/C28H36N6O2/c1-17-30-25-21(13-24(29)33-26(25)31-17)23-12-19-6-5-18(11-22(19)32-23)14-34(4)20-7-9-28(10-8-20)15-35-27(2,3)36-16-28/h5-6,11-13,20,32H,7-10,14-16H2,1-4H3,(H3,29,30,31,33). The number of rotatable bonds is 4. The number of nitrogens with one attached hydrogen (secondary N) is 2. The van der Waals surface area contributed by atoms with Crippen molar-refractivity contribution in [2.45, 2.75) is 64.8 Å². The zero-order valence-corrected chi connectivity index (χ0v) is 21.6. The van der Waals surface area contributed by atoms with Crippen molar-refractivity contribution in [3.63, 3.8) is 0 Å². The van der Waals surface area contributed by atoms with E-state index in [1.807, 2.05) is 26.8 Å². The second kappa shape index (κ2) is 8.57. The number of aromatic nitrogens is 4. The van der Waals surface area contributed by atoms with Crippen LogP contribution in [0.5, 0.6) is 0 Å². The topological polar surface area (TPSA) is 105 Å². The normalized spacial score (nSPS) is 20.1. The maximum Gasteiger partial charge on any atom is 0.162 e. The second-order valence-electron chi connectivity index (χ2n) is 11.3. The predicted molar refractivity (Wildman–Crippen MR) is 142 cm³/mol. The van der Waals surface area contributed by atoms with Crippen molar-refractivity contribution in [3.8, 4) is 11.3 Å². The molecule has 0 amide bonds. The number of benzene rings is 1. The number of nitrogens with zero attached hydrogens (tertiary/aromatic N) is 3. The lowest BCUT2D eigenvalue weighted by Crippen LogP contribution is -2.50. The molecule has 8 nitrogen and oxygen atoms in total. The Morgan fingerprint density at radius 2 is 1.81 bits per heavy atom. The lowest BCUT2D eigenvalue weighted by molar-refractivity contribution is -0.290. The summed E-state index contributed by atoms with van der Waals surface area (Å²) in [6.07, 6.45) is 4.68. The summed E-state index contributed by atoms with van der Waals surface area (Å²) < 4.78 is 12.0. The lowest BCUT2D eigenvalue weighted by Gasteiger charge is -2.48. The van der Waals surface area contributed by atoms with Crippen molar-refractivity contribution in [3.05, 3.63) is 41.7 Å². The van der Waals surface area contributed by atoms with Crippen LogP contribution in [0, 0.1) is 12.3 Å². The summed E-state index contributed by atoms with van der Waals surface area (Å²) in [5.41, 5.74) is 12.2. The molecular weight excluding hydrogens is 452 g/mol. The molecule has 1 saturated carbocycles. The van der Waals surface area contributed by atoms with Gasteiger partial charge < -0.3 is 25.2 Å². The molecule has 1 aliphatic carbocycles. The minimum atomic E-state index is -0.442. The van der Waals surface area contributed by atoms with E-state index in [4.69, 9.17) is 15.2 Å². The molecule has 8 heteroatoms. The number of aryl methyl sites for hydroxylation is 1. The summed E-state index contributed by atoms with van der Waals surface area (Å²) in [6.45, 7) is 8.50. The van der Waals surface area contributed by atoms with Gasteiger partial charge in [0.05, 0.1) is 13.2 Å². The molecular formula is C28H36N6O2. The summed E-state index contributed by atoms with van der Waals surface area (Å²) in [4.78, 5) is 18.3. The number of aromatic amines is 2. The molecule has 1 saturated heterocycles. The van der Waals surface area contributed by atoms with Crippen LogP contribution in [0.3, 0.4) is 0 Å². The number of imidazole rings is 1. The molecule has 1 aromatic carbocycles. The van der Waals surface area contributed by atoms with Crippen LogP contribution in [0.25, 0.3) is 33.3 Å². The van der Waals surface area contributed by atoms with Crippen molar-refractivity contribution >= 4 is 27.9 Å². The SMILES string of the molecule is Cc1nc2c(-c3cc4ccc(CN(C)C5CCC6(CC5)COC(C)(C)OC6)cc4[nH]3)cc(N)nc2[nH]1. The monoisotopic (exact) mass is 488 g/mol. The fraction of sp³-hybridized carbons (Fsp3) is 0.500. The van der Waals surface area contributed by atoms with Gasteiger partial charge in [0.25, 0.3) is 0 Å². The van der Waals surface area contributed by atoms with E-state index in [-0.39, 0.29) is 5.41 Å². The number of hydrogen-bond acceptors (Lipinski definition) is 6. The van der Waals surface area contributed by atoms with Crippen LogP contribution in [0.4, 0.5) is 5.82 Å². The van der Waals surface area contributed by atoms with Crippen molar-refractivity contribution in [2.75, 3.05) is 26.0 Å². The largest absolute Gasteiger partial charge is 0.384 e. The lowest BCUT2D eigenvalue weighted by atomic mass is 9.72. The second-order valence-corrected chi connectivity index (χ2v) is 11.3. The number of ether oxygens (including phenoxy) is 2. The highest BCUT2D eigenvalue weighted by atomic mass is 16.7. The Labute approximate surface area is 211 Å². The Morgan fingerprint density at radius 3 is 2.56 bits per heavy atom. The van der Waals surface area contributed by atoms with E-state index in [1.54, 1.807) is 0 Å². The van der Waals surface area contributed by atoms with Gasteiger partial charge in [-0.3, -0.25) is 4.90 Å². The zero-order valence-electron chi connectivity index (χ0n) is 21.6. The highest BCUT2D eigenvalue weighted by Gasteiger charge is 2.43. The molecule has 3 aromatic heterocycles. The Hall–Kier alpha value is -2.94. The van der Waals surface area contributed by atoms with Gasteiger partial charge in [-0.05, 0) is 77.3 Å². The van der Waals surface area contributed by atoms with Crippen molar-refractivity contribution in [1.29, 1.82) is 0 Å². The molecule has 0 bridgehead atoms. The van der Waals surface area contributed by atoms with Gasteiger partial charge in [-0.2, -0.15) is 0 Å². The van der Waals surface area contributed by atoms with Gasteiger partial charge in [0, 0.05) is 40.2 Å². The number of nitrogens with two attached hydrogens (primary N) is 1. The molecule has 4 aromatic rings. The highest BCUT2D eigenvalue weighted by molar-refractivity contribution is 5.95. The van der Waals surface area contributed by atoms with Gasteiger partial charge in [-0.25, -0.2) is 9.97 Å². The molecule has 36 heavy (non-hydrogen) atoms. The molecule has 4 N–H and O–H groups in total. The van der Waals surface area contributed by atoms with E-state index in [1.165, 1.54) is 23.8 Å². The number of pyridine rings is 1. The third kappa shape index (κ3) is 4.38. The van der Waals surface area contributed by atoms with Crippen molar-refractivity contribution < 1.29 is 9.47 Å². The van der Waals surface area contributed by atoms with Crippen LogP contribution in [-0.4, -0.2) is 56.9 Å². The summed E-state index contributed by atoms with van der Waals surface area (Å²) in [5.74, 6) is 0.862. The van der Waals surface area contributed by atoms with Crippen LogP contribution in [0.2, 0.25) is 0 Å². The Morgan fingerprint density at radius 1 is 1.06 bits per heavy atom. The van der Waals surface area contributed by atoms with E-state index in [2.05, 4.69) is 56.1 Å². The first-order chi connectivity index (χ1) is 17.2. The van der Waals surface area contributed by atoms with Gasteiger partial charge in [0.15, 0.2) is 11.4 Å². The van der Waals surface area contributed by atoms with Crippen LogP contribution in [-0.2, 0) is 16.0 Å². The predicted octanol–water partition coefficient (Wildman–Crippen LogP) is 5.14. The highest BCUT2D eigenvalue weighted by Crippen LogP contribution is 2.42. The fourth-order valence-corrected chi connectivity index (χ4v) is 5.85. The van der Waals surface area contributed by atoms with Crippen LogP contribution >= 0.6 is 0 Å². The minimum absolute atomic E-state index is 0.195. The number of fused-ring (bicyclic) bond motifs is 2. The third-order valence-electron chi connectivity index (χ3n) is 8.09. The molecule has 2 fully saturated rings. The quantitative estimate of drug-likeness (QED) is 0.367. The number of nitrogen functional groups attached to an aromatic ring is 1. The van der Waals surface area contributed by atoms with Gasteiger partial charge >= 0.3 is 0 Å². The molecule has 4 heterocycles. The average molecular weight is 489 g/mol. The van der Waals surface area contributed by atoms with Gasteiger partial charge in [0.1, 0.15) is 17.2 Å². The molecule has 2 aliphatic rings. The minimum Gasteiger partial charge on any atom is -0.384 e. The first-order valence-corrected chi connectivity index (χ1v) is 12.9. The molecule has 6 rings (SSSR count). The summed E-state index contributed by atoms with van der Waals surface area (Å²) in [7, 11) is 2.25. The summed E-state index contributed by atoms with van der Waals surface area (Å²) in [6, 6.07) is 11.3. The smallest absolute Gasteiger partial charge is 0.162 e. The summed E-state index contributed by atoms with van der Waals surface area (Å²) >= 11 is 0. The Balaban J connectivity index is 1.16. The first-order valence-electron chi connectivity index (χ1n) is 12.9. The number of H-pyrrole nitrogens is 2. The zero-order chi connectivity index (χ0) is 25.1. The van der Waals surface area contributed by atoms with Gasteiger partial charge in [0.2, 0.25) is 0 Å². The Kier molecular flexibility index (Phi) is 5.59. The maximum absolute atomic E-state index is 6.08. The van der Waals surface area contributed by atoms with Gasteiger partial charge in [-0.1, -0.05) is 12.1 Å². The average Bonchev–Trinajstić information content (AvgIpc) is 3.43. The Bertz CT molecular complexity index is 1400. The maximum atomic E-state index is 6.08. The molecule has 190 valence electrons. The van der Waals surface area contributed by atoms with Crippen molar-refractivity contribution in [2.24, 2.45) is 5.41 Å². The van der Waals surface area contributed by atoms with E-state index in [0.717, 1.165) is 60.7 Å². The third-order valence-corrected chi connectivity index (χ3v) is 8.09. The molecule has 0 unspecified atom stereocenters. The number of hydrogen-bond donors (Lipinski definition) is 3. The van der Waals surface area contributed by atoms with E-state index in [0.29, 0.717) is 17.5 Å². The van der Waals surface area contributed by atoms with Gasteiger partial charge in [-0.15, -0.1) is 0 Å². The molecule has 1 aliphatic heterocycles. The first kappa shape index (κ1) is 23.5. The van der Waals surface area contributed by atoms with Crippen LogP contribution in [0.15, 0.2) is 30.3 Å².